The molecule has 1 fully saturated rings. The normalized spacial score (nSPS) is 22.4. The minimum Gasteiger partial charge on any atom is -0.394 e. The van der Waals surface area contributed by atoms with Gasteiger partial charge in [0.2, 0.25) is 11.8 Å². The summed E-state index contributed by atoms with van der Waals surface area (Å²) in [5, 5.41) is 39.3. The first-order chi connectivity index (χ1) is 20.3. The van der Waals surface area contributed by atoms with Gasteiger partial charge in [-0.15, -0.1) is 0 Å². The summed E-state index contributed by atoms with van der Waals surface area (Å²) >= 11 is 0. The first kappa shape index (κ1) is 33.6. The highest BCUT2D eigenvalue weighted by atomic mass is 16.5. The molecule has 0 unspecified atom stereocenters. The molecule has 3 heterocycles. The third-order valence-electron chi connectivity index (χ3n) is 7.64. The van der Waals surface area contributed by atoms with Gasteiger partial charge in [-0.1, -0.05) is 78.1 Å². The molecular formula is C29H49N7O6. The van der Waals surface area contributed by atoms with E-state index in [1.807, 2.05) is 0 Å². The van der Waals surface area contributed by atoms with Crippen LogP contribution in [0.2, 0.25) is 0 Å². The summed E-state index contributed by atoms with van der Waals surface area (Å²) in [5.74, 6) is 0.310. The van der Waals surface area contributed by atoms with Crippen LogP contribution < -0.4 is 16.0 Å². The number of amides is 2. The van der Waals surface area contributed by atoms with Gasteiger partial charge in [0, 0.05) is 6.42 Å². The highest BCUT2D eigenvalue weighted by molar-refractivity contribution is 5.85. The second-order valence-electron chi connectivity index (χ2n) is 11.6. The number of nitrogens with zero attached hydrogens (tertiary/aromatic N) is 3. The van der Waals surface area contributed by atoms with Gasteiger partial charge in [-0.2, -0.15) is 0 Å². The highest BCUT2D eigenvalue weighted by Crippen LogP contribution is 2.24. The van der Waals surface area contributed by atoms with Gasteiger partial charge >= 0.3 is 0 Å². The zero-order chi connectivity index (χ0) is 30.3. The Morgan fingerprint density at radius 1 is 0.929 bits per heavy atom. The summed E-state index contributed by atoms with van der Waals surface area (Å²) in [7, 11) is 0. The number of imidazole rings is 1. The van der Waals surface area contributed by atoms with Gasteiger partial charge in [-0.05, 0) is 12.3 Å². The van der Waals surface area contributed by atoms with E-state index in [0.717, 1.165) is 25.2 Å². The number of carbonyl (C=O) groups excluding carboxylic acids is 2. The molecule has 2 amide bonds. The number of ether oxygens (including phenoxy) is 1. The van der Waals surface area contributed by atoms with E-state index in [4.69, 9.17) is 4.74 Å². The second kappa shape index (κ2) is 17.9. The average Bonchev–Trinajstić information content (AvgIpc) is 3.46. The van der Waals surface area contributed by atoms with E-state index in [2.05, 4.69) is 49.7 Å². The maximum atomic E-state index is 12.5. The lowest BCUT2D eigenvalue weighted by Gasteiger charge is -2.42. The van der Waals surface area contributed by atoms with Gasteiger partial charge < -0.3 is 41.0 Å². The number of aromatic amines is 1. The van der Waals surface area contributed by atoms with Crippen molar-refractivity contribution in [2.75, 3.05) is 18.5 Å². The standard InChI is InChI=1S/C29H49N7O6/c1-19(2)13-11-9-7-5-3-4-6-8-10-12-14-21(38)30-15-22(39)35-23-20(16-37)42-29(26(41)25(23)40)36-28-24-27(32-17-31-24)33-18-34-28/h17-20,23,25-26,29,37,40-41H,3-16H2,1-2H3,(H,30,38)(H,35,39)(H2,31,32,33,34,36)/t20-,23-,25+,26-,29-/m0/s1. The van der Waals surface area contributed by atoms with Crippen molar-refractivity contribution in [1.29, 1.82) is 0 Å². The zero-order valence-electron chi connectivity index (χ0n) is 24.9. The summed E-state index contributed by atoms with van der Waals surface area (Å²) in [6.45, 7) is 3.74. The first-order valence-corrected chi connectivity index (χ1v) is 15.4. The van der Waals surface area contributed by atoms with E-state index in [1.165, 1.54) is 64.0 Å². The van der Waals surface area contributed by atoms with Gasteiger partial charge in [-0.25, -0.2) is 15.0 Å². The number of aliphatic hydroxyl groups excluding tert-OH is 3. The Morgan fingerprint density at radius 2 is 1.60 bits per heavy atom. The number of carbonyl (C=O) groups is 2. The molecule has 0 aromatic carbocycles. The lowest BCUT2D eigenvalue weighted by molar-refractivity contribution is -0.185. The first-order valence-electron chi connectivity index (χ1n) is 15.4. The van der Waals surface area contributed by atoms with E-state index in [-0.39, 0.29) is 12.5 Å². The Hall–Kier alpha value is -2.87. The summed E-state index contributed by atoms with van der Waals surface area (Å²) in [4.78, 5) is 39.8. The molecule has 1 saturated heterocycles. The fourth-order valence-corrected chi connectivity index (χ4v) is 5.18. The third kappa shape index (κ3) is 10.8. The van der Waals surface area contributed by atoms with Crippen LogP contribution in [0, 0.1) is 5.92 Å². The Kier molecular flexibility index (Phi) is 14.4. The van der Waals surface area contributed by atoms with Crippen molar-refractivity contribution in [2.24, 2.45) is 5.92 Å². The van der Waals surface area contributed by atoms with Crippen LogP contribution in [0.3, 0.4) is 0 Å². The van der Waals surface area contributed by atoms with Crippen molar-refractivity contribution in [3.8, 4) is 0 Å². The molecule has 2 aromatic heterocycles. The Balaban J connectivity index is 1.29. The number of fused-ring (bicyclic) bond motifs is 1. The molecule has 0 bridgehead atoms. The quantitative estimate of drug-likeness (QED) is 0.119. The number of aliphatic hydroxyl groups is 3. The van der Waals surface area contributed by atoms with Gasteiger partial charge in [0.15, 0.2) is 17.7 Å². The summed E-state index contributed by atoms with van der Waals surface area (Å²) < 4.78 is 5.75. The van der Waals surface area contributed by atoms with Crippen LogP contribution in [0.5, 0.6) is 0 Å². The predicted molar refractivity (Wildman–Crippen MR) is 158 cm³/mol. The molecule has 13 heteroatoms. The molecule has 5 atom stereocenters. The number of H-pyrrole nitrogens is 1. The molecule has 42 heavy (non-hydrogen) atoms. The molecule has 236 valence electrons. The SMILES string of the molecule is CC(C)CCCCCCCCCCCCC(=O)NCC(=O)N[C@@H]1[C@@H](O)[C@H](O)[C@@H](Nc2ncnc3nc[nH]c23)O[C@H]1CO. The van der Waals surface area contributed by atoms with Gasteiger partial charge in [-0.3, -0.25) is 9.59 Å². The molecule has 7 N–H and O–H groups in total. The number of hydrogen-bond acceptors (Lipinski definition) is 10. The predicted octanol–water partition coefficient (Wildman–Crippen LogP) is 2.14. The summed E-state index contributed by atoms with van der Waals surface area (Å²) in [6.07, 6.45) is 11.2. The van der Waals surface area contributed by atoms with E-state index in [0.29, 0.717) is 23.4 Å². The van der Waals surface area contributed by atoms with Crippen LogP contribution in [-0.2, 0) is 14.3 Å². The molecule has 1 aliphatic heterocycles. The number of aromatic nitrogens is 4. The second-order valence-corrected chi connectivity index (χ2v) is 11.6. The van der Waals surface area contributed by atoms with Crippen LogP contribution >= 0.6 is 0 Å². The lowest BCUT2D eigenvalue weighted by atomic mass is 9.95. The molecule has 0 saturated carbocycles. The molecule has 0 spiro atoms. The number of nitrogens with one attached hydrogen (secondary N) is 4. The lowest BCUT2D eigenvalue weighted by Crippen LogP contribution is -2.66. The minimum atomic E-state index is -1.46. The van der Waals surface area contributed by atoms with Crippen molar-refractivity contribution < 1.29 is 29.6 Å². The van der Waals surface area contributed by atoms with Crippen LogP contribution in [0.1, 0.15) is 90.9 Å². The zero-order valence-corrected chi connectivity index (χ0v) is 24.9. The van der Waals surface area contributed by atoms with E-state index < -0.39 is 43.1 Å². The molecule has 13 nitrogen and oxygen atoms in total. The van der Waals surface area contributed by atoms with Gasteiger partial charge in [0.05, 0.1) is 25.5 Å². The number of rotatable bonds is 19. The summed E-state index contributed by atoms with van der Waals surface area (Å²) in [5.41, 5.74) is 0.880. The maximum Gasteiger partial charge on any atom is 0.239 e. The molecular weight excluding hydrogens is 542 g/mol. The van der Waals surface area contributed by atoms with Crippen molar-refractivity contribution in [1.82, 2.24) is 30.6 Å². The number of hydrogen-bond donors (Lipinski definition) is 7. The Bertz CT molecular complexity index is 1080. The van der Waals surface area contributed by atoms with Crippen LogP contribution in [-0.4, -0.2) is 90.8 Å². The molecule has 3 rings (SSSR count). The number of unbranched alkanes of at least 4 members (excludes halogenated alkanes) is 9. The molecule has 0 aliphatic carbocycles. The van der Waals surface area contributed by atoms with E-state index in [9.17, 15) is 24.9 Å². The van der Waals surface area contributed by atoms with E-state index >= 15 is 0 Å². The largest absolute Gasteiger partial charge is 0.394 e. The van der Waals surface area contributed by atoms with Crippen LogP contribution in [0.15, 0.2) is 12.7 Å². The average molecular weight is 592 g/mol. The Morgan fingerprint density at radius 3 is 2.26 bits per heavy atom. The smallest absolute Gasteiger partial charge is 0.239 e. The molecule has 2 aromatic rings. The van der Waals surface area contributed by atoms with Crippen molar-refractivity contribution >= 4 is 28.8 Å². The topological polar surface area (TPSA) is 195 Å². The van der Waals surface area contributed by atoms with Crippen molar-refractivity contribution in [2.45, 2.75) is 121 Å². The van der Waals surface area contributed by atoms with Crippen molar-refractivity contribution in [3.63, 3.8) is 0 Å². The highest BCUT2D eigenvalue weighted by Gasteiger charge is 2.45. The monoisotopic (exact) mass is 591 g/mol. The van der Waals surface area contributed by atoms with Gasteiger partial charge in [0.1, 0.15) is 30.2 Å². The maximum absolute atomic E-state index is 12.5. The molecule has 0 radical (unpaired) electrons. The van der Waals surface area contributed by atoms with Crippen LogP contribution in [0.4, 0.5) is 5.82 Å². The van der Waals surface area contributed by atoms with Gasteiger partial charge in [0.25, 0.3) is 0 Å². The van der Waals surface area contributed by atoms with Crippen molar-refractivity contribution in [3.05, 3.63) is 12.7 Å². The third-order valence-corrected chi connectivity index (χ3v) is 7.64. The minimum absolute atomic E-state index is 0.218. The van der Waals surface area contributed by atoms with Crippen LogP contribution in [0.25, 0.3) is 11.2 Å². The number of anilines is 1. The van der Waals surface area contributed by atoms with E-state index in [1.54, 1.807) is 0 Å². The fourth-order valence-electron chi connectivity index (χ4n) is 5.18. The summed E-state index contributed by atoms with van der Waals surface area (Å²) in [6, 6.07) is -1.09. The molecule has 1 aliphatic rings. The Labute approximate surface area is 247 Å². The fraction of sp³-hybridized carbons (Fsp3) is 0.759.